The minimum Gasteiger partial charge on any atom is -0.333 e. The SMILES string of the molecule is CCCn1cncc1Cn1nc(C)c(S(=O)(=O)Cl)c1C. The van der Waals surface area contributed by atoms with E-state index in [1.54, 1.807) is 31.1 Å². The van der Waals surface area contributed by atoms with E-state index in [9.17, 15) is 8.42 Å². The molecule has 0 unspecified atom stereocenters. The summed E-state index contributed by atoms with van der Waals surface area (Å²) in [7, 11) is 1.67. The number of aromatic nitrogens is 4. The Kier molecular flexibility index (Phi) is 4.19. The topological polar surface area (TPSA) is 69.8 Å². The van der Waals surface area contributed by atoms with Crippen LogP contribution in [-0.4, -0.2) is 27.7 Å². The Morgan fingerprint density at radius 3 is 2.60 bits per heavy atom. The molecule has 0 aliphatic heterocycles. The summed E-state index contributed by atoms with van der Waals surface area (Å²) in [5.41, 5.74) is 1.94. The number of aryl methyl sites for hydroxylation is 2. The number of hydrogen-bond donors (Lipinski definition) is 0. The Morgan fingerprint density at radius 2 is 2.05 bits per heavy atom. The van der Waals surface area contributed by atoms with Crippen LogP contribution in [0.25, 0.3) is 0 Å². The van der Waals surface area contributed by atoms with Gasteiger partial charge in [-0.3, -0.25) is 4.68 Å². The molecule has 0 saturated carbocycles. The van der Waals surface area contributed by atoms with Crippen LogP contribution in [-0.2, 0) is 22.1 Å². The van der Waals surface area contributed by atoms with E-state index in [1.165, 1.54) is 0 Å². The van der Waals surface area contributed by atoms with Crippen molar-refractivity contribution in [2.24, 2.45) is 0 Å². The van der Waals surface area contributed by atoms with Gasteiger partial charge in [0.2, 0.25) is 0 Å². The first-order valence-electron chi connectivity index (χ1n) is 6.32. The average molecular weight is 317 g/mol. The first-order chi connectivity index (χ1) is 9.34. The third kappa shape index (κ3) is 2.88. The van der Waals surface area contributed by atoms with Gasteiger partial charge in [-0.1, -0.05) is 6.92 Å². The van der Waals surface area contributed by atoms with Crippen molar-refractivity contribution in [2.45, 2.75) is 45.2 Å². The van der Waals surface area contributed by atoms with E-state index in [0.717, 1.165) is 18.7 Å². The van der Waals surface area contributed by atoms with E-state index in [0.29, 0.717) is 17.9 Å². The zero-order valence-corrected chi connectivity index (χ0v) is 13.2. The predicted molar refractivity (Wildman–Crippen MR) is 76.4 cm³/mol. The molecule has 20 heavy (non-hydrogen) atoms. The van der Waals surface area contributed by atoms with Gasteiger partial charge in [-0.2, -0.15) is 5.10 Å². The Morgan fingerprint density at radius 1 is 1.35 bits per heavy atom. The zero-order valence-electron chi connectivity index (χ0n) is 11.7. The summed E-state index contributed by atoms with van der Waals surface area (Å²) in [5.74, 6) is 0. The molecule has 110 valence electrons. The molecule has 0 fully saturated rings. The minimum absolute atomic E-state index is 0.0979. The van der Waals surface area contributed by atoms with Crippen LogP contribution in [0.5, 0.6) is 0 Å². The Hall–Kier alpha value is -1.34. The first-order valence-corrected chi connectivity index (χ1v) is 8.63. The van der Waals surface area contributed by atoms with E-state index >= 15 is 0 Å². The highest BCUT2D eigenvalue weighted by Crippen LogP contribution is 2.23. The zero-order chi connectivity index (χ0) is 14.9. The molecule has 0 spiro atoms. The molecule has 0 amide bonds. The van der Waals surface area contributed by atoms with E-state index in [-0.39, 0.29) is 4.90 Å². The van der Waals surface area contributed by atoms with Crippen molar-refractivity contribution in [2.75, 3.05) is 0 Å². The van der Waals surface area contributed by atoms with Crippen molar-refractivity contribution in [1.82, 2.24) is 19.3 Å². The van der Waals surface area contributed by atoms with Gasteiger partial charge in [0.15, 0.2) is 0 Å². The van der Waals surface area contributed by atoms with E-state index in [1.807, 2.05) is 4.57 Å². The molecule has 6 nitrogen and oxygen atoms in total. The maximum Gasteiger partial charge on any atom is 0.264 e. The molecule has 0 N–H and O–H groups in total. The molecule has 0 saturated heterocycles. The third-order valence-electron chi connectivity index (χ3n) is 3.13. The highest BCUT2D eigenvalue weighted by molar-refractivity contribution is 8.13. The van der Waals surface area contributed by atoms with Gasteiger partial charge in [-0.15, -0.1) is 0 Å². The quantitative estimate of drug-likeness (QED) is 0.792. The van der Waals surface area contributed by atoms with Crippen LogP contribution in [0.3, 0.4) is 0 Å². The summed E-state index contributed by atoms with van der Waals surface area (Å²) < 4.78 is 26.8. The lowest BCUT2D eigenvalue weighted by Gasteiger charge is -2.08. The molecule has 0 bridgehead atoms. The second-order valence-corrected chi connectivity index (χ2v) is 7.18. The highest BCUT2D eigenvalue weighted by atomic mass is 35.7. The van der Waals surface area contributed by atoms with Crippen LogP contribution in [0.1, 0.15) is 30.4 Å². The maximum absolute atomic E-state index is 11.6. The van der Waals surface area contributed by atoms with Gasteiger partial charge < -0.3 is 4.57 Å². The highest BCUT2D eigenvalue weighted by Gasteiger charge is 2.22. The molecule has 2 rings (SSSR count). The van der Waals surface area contributed by atoms with Crippen molar-refractivity contribution in [3.63, 3.8) is 0 Å². The summed E-state index contributed by atoms with van der Waals surface area (Å²) in [4.78, 5) is 4.22. The fourth-order valence-electron chi connectivity index (χ4n) is 2.26. The summed E-state index contributed by atoms with van der Waals surface area (Å²) in [5, 5.41) is 4.26. The monoisotopic (exact) mass is 316 g/mol. The molecule has 0 aromatic carbocycles. The fourth-order valence-corrected chi connectivity index (χ4v) is 3.78. The standard InChI is InChI=1S/C12H17ClN4O2S/c1-4-5-16-8-14-6-11(16)7-17-10(3)12(9(2)15-17)20(13,18)19/h6,8H,4-5,7H2,1-3H3. The normalized spacial score (nSPS) is 12.0. The van der Waals surface area contributed by atoms with E-state index < -0.39 is 9.05 Å². The smallest absolute Gasteiger partial charge is 0.264 e. The molecule has 0 aliphatic rings. The Bertz CT molecular complexity index is 718. The Labute approximate surface area is 122 Å². The van der Waals surface area contributed by atoms with Gasteiger partial charge in [-0.25, -0.2) is 13.4 Å². The number of nitrogens with zero attached hydrogens (tertiary/aromatic N) is 4. The second kappa shape index (κ2) is 5.57. The van der Waals surface area contributed by atoms with Crippen LogP contribution < -0.4 is 0 Å². The molecular weight excluding hydrogens is 300 g/mol. The Balaban J connectivity index is 2.38. The molecule has 0 atom stereocenters. The summed E-state index contributed by atoms with van der Waals surface area (Å²) in [6.45, 7) is 6.78. The number of rotatable bonds is 5. The molecule has 8 heteroatoms. The van der Waals surface area contributed by atoms with Crippen LogP contribution in [0.15, 0.2) is 17.4 Å². The number of hydrogen-bond acceptors (Lipinski definition) is 4. The lowest BCUT2D eigenvalue weighted by molar-refractivity contribution is 0.584. The van der Waals surface area contributed by atoms with Crippen molar-refractivity contribution in [3.05, 3.63) is 29.6 Å². The number of imidazole rings is 1. The largest absolute Gasteiger partial charge is 0.333 e. The van der Waals surface area contributed by atoms with Crippen LogP contribution >= 0.6 is 10.7 Å². The molecule has 2 aromatic rings. The predicted octanol–water partition coefficient (Wildman–Crippen LogP) is 2.08. The summed E-state index contributed by atoms with van der Waals surface area (Å²) in [6.07, 6.45) is 4.53. The lowest BCUT2D eigenvalue weighted by atomic mass is 10.4. The molecule has 2 heterocycles. The van der Waals surface area contributed by atoms with Crippen molar-refractivity contribution >= 4 is 19.7 Å². The van der Waals surface area contributed by atoms with Crippen molar-refractivity contribution in [1.29, 1.82) is 0 Å². The first kappa shape index (κ1) is 15.1. The third-order valence-corrected chi connectivity index (χ3v) is 4.68. The van der Waals surface area contributed by atoms with Gasteiger partial charge in [0.1, 0.15) is 4.90 Å². The van der Waals surface area contributed by atoms with Gasteiger partial charge >= 0.3 is 0 Å². The minimum atomic E-state index is -3.78. The van der Waals surface area contributed by atoms with Crippen LogP contribution in [0.4, 0.5) is 0 Å². The second-order valence-electron chi connectivity index (χ2n) is 4.67. The molecular formula is C12H17ClN4O2S. The van der Waals surface area contributed by atoms with Crippen molar-refractivity contribution < 1.29 is 8.42 Å². The van der Waals surface area contributed by atoms with Gasteiger partial charge in [0, 0.05) is 17.2 Å². The van der Waals surface area contributed by atoms with Gasteiger partial charge in [0.25, 0.3) is 9.05 Å². The molecule has 0 radical (unpaired) electrons. The van der Waals surface area contributed by atoms with Crippen LogP contribution in [0.2, 0.25) is 0 Å². The number of halogens is 1. The molecule has 2 aromatic heterocycles. The van der Waals surface area contributed by atoms with Crippen molar-refractivity contribution in [3.8, 4) is 0 Å². The van der Waals surface area contributed by atoms with Gasteiger partial charge in [-0.05, 0) is 20.3 Å². The van der Waals surface area contributed by atoms with Gasteiger partial charge in [0.05, 0.1) is 36.2 Å². The fraction of sp³-hybridized carbons (Fsp3) is 0.500. The van der Waals surface area contributed by atoms with E-state index in [2.05, 4.69) is 17.0 Å². The summed E-state index contributed by atoms with van der Waals surface area (Å²) >= 11 is 0. The van der Waals surface area contributed by atoms with Crippen LogP contribution in [0, 0.1) is 13.8 Å². The average Bonchev–Trinajstić information content (AvgIpc) is 2.85. The molecule has 0 aliphatic carbocycles. The van der Waals surface area contributed by atoms with E-state index in [4.69, 9.17) is 10.7 Å². The lowest BCUT2D eigenvalue weighted by Crippen LogP contribution is -2.09. The maximum atomic E-state index is 11.6. The summed E-state index contributed by atoms with van der Waals surface area (Å²) in [6, 6.07) is 0.